The number of benzene rings is 2. The predicted molar refractivity (Wildman–Crippen MR) is 118 cm³/mol. The highest BCUT2D eigenvalue weighted by Gasteiger charge is 2.25. The molecule has 3 rings (SSSR count). The Kier molecular flexibility index (Phi) is 7.65. The van der Waals surface area contributed by atoms with E-state index in [0.29, 0.717) is 18.0 Å². The standard InChI is InChI=1S/C23H26ClN3O4/c1-14(23(30)31)27-21(28)11-18(15-6-8-19(24)9-7-15)13-26-22(29)20-10-16-4-2-3-5-17(16)12-25-20/h2-9,14,18,20,25H,10-13H2,1H3,(H,26,29)(H,27,28)(H,30,31). The summed E-state index contributed by atoms with van der Waals surface area (Å²) in [7, 11) is 0. The Balaban J connectivity index is 1.64. The van der Waals surface area contributed by atoms with E-state index in [4.69, 9.17) is 16.7 Å². The molecule has 4 N–H and O–H groups in total. The fraction of sp³-hybridized carbons (Fsp3) is 0.348. The zero-order valence-corrected chi connectivity index (χ0v) is 18.0. The second-order valence-electron chi connectivity index (χ2n) is 7.73. The lowest BCUT2D eigenvalue weighted by atomic mass is 9.93. The van der Waals surface area contributed by atoms with Crippen LogP contribution in [0, 0.1) is 0 Å². The molecule has 2 aromatic carbocycles. The smallest absolute Gasteiger partial charge is 0.325 e. The van der Waals surface area contributed by atoms with Crippen molar-refractivity contribution in [3.63, 3.8) is 0 Å². The molecule has 0 saturated heterocycles. The lowest BCUT2D eigenvalue weighted by Crippen LogP contribution is -2.48. The Labute approximate surface area is 186 Å². The van der Waals surface area contributed by atoms with Crippen LogP contribution in [-0.4, -0.2) is 41.5 Å². The van der Waals surface area contributed by atoms with Crippen molar-refractivity contribution in [1.82, 2.24) is 16.0 Å². The first-order chi connectivity index (χ1) is 14.8. The summed E-state index contributed by atoms with van der Waals surface area (Å²) in [4.78, 5) is 36.2. The van der Waals surface area contributed by atoms with Crippen molar-refractivity contribution in [2.24, 2.45) is 0 Å². The highest BCUT2D eigenvalue weighted by atomic mass is 35.5. The molecule has 0 bridgehead atoms. The number of hydrogen-bond acceptors (Lipinski definition) is 4. The van der Waals surface area contributed by atoms with Gasteiger partial charge in [0.25, 0.3) is 0 Å². The maximum atomic E-state index is 12.8. The summed E-state index contributed by atoms with van der Waals surface area (Å²) >= 11 is 5.97. The number of aliphatic carboxylic acids is 1. The van der Waals surface area contributed by atoms with Crippen LogP contribution in [0.3, 0.4) is 0 Å². The van der Waals surface area contributed by atoms with Crippen molar-refractivity contribution in [1.29, 1.82) is 0 Å². The number of hydrogen-bond donors (Lipinski definition) is 4. The van der Waals surface area contributed by atoms with Crippen molar-refractivity contribution in [3.05, 3.63) is 70.2 Å². The van der Waals surface area contributed by atoms with Crippen LogP contribution in [0.2, 0.25) is 5.02 Å². The average Bonchev–Trinajstić information content (AvgIpc) is 2.76. The van der Waals surface area contributed by atoms with Gasteiger partial charge in [0.15, 0.2) is 0 Å². The molecular formula is C23H26ClN3O4. The number of carboxylic acids is 1. The molecule has 1 heterocycles. The Morgan fingerprint density at radius 2 is 1.81 bits per heavy atom. The van der Waals surface area contributed by atoms with Crippen LogP contribution in [0.5, 0.6) is 0 Å². The molecule has 1 aliphatic heterocycles. The van der Waals surface area contributed by atoms with E-state index in [1.807, 2.05) is 36.4 Å². The van der Waals surface area contributed by atoms with Crippen molar-refractivity contribution >= 4 is 29.4 Å². The minimum atomic E-state index is -1.10. The summed E-state index contributed by atoms with van der Waals surface area (Å²) in [5.41, 5.74) is 3.18. The first-order valence-corrected chi connectivity index (χ1v) is 10.6. The summed E-state index contributed by atoms with van der Waals surface area (Å²) in [6.07, 6.45) is 0.644. The Hall–Kier alpha value is -2.90. The molecule has 0 aromatic heterocycles. The van der Waals surface area contributed by atoms with Gasteiger partial charge >= 0.3 is 5.97 Å². The van der Waals surface area contributed by atoms with Crippen LogP contribution >= 0.6 is 11.6 Å². The van der Waals surface area contributed by atoms with Crippen LogP contribution in [0.4, 0.5) is 0 Å². The molecule has 8 heteroatoms. The van der Waals surface area contributed by atoms with E-state index in [0.717, 1.165) is 11.1 Å². The predicted octanol–water partition coefficient (Wildman–Crippen LogP) is 2.23. The summed E-state index contributed by atoms with van der Waals surface area (Å²) in [5.74, 6) is -1.95. The number of amides is 2. The Morgan fingerprint density at radius 1 is 1.13 bits per heavy atom. The molecule has 3 atom stereocenters. The third-order valence-electron chi connectivity index (χ3n) is 5.44. The summed E-state index contributed by atoms with van der Waals surface area (Å²) in [5, 5.41) is 18.2. The van der Waals surface area contributed by atoms with Crippen LogP contribution in [0.1, 0.15) is 36.0 Å². The monoisotopic (exact) mass is 443 g/mol. The zero-order valence-electron chi connectivity index (χ0n) is 17.2. The number of halogens is 1. The zero-order chi connectivity index (χ0) is 22.4. The minimum Gasteiger partial charge on any atom is -0.480 e. The van der Waals surface area contributed by atoms with E-state index >= 15 is 0 Å². The molecule has 0 saturated carbocycles. The molecule has 3 unspecified atom stereocenters. The molecule has 1 aliphatic rings. The van der Waals surface area contributed by atoms with Gasteiger partial charge in [-0.05, 0) is 42.2 Å². The first kappa shape index (κ1) is 22.8. The van der Waals surface area contributed by atoms with E-state index in [1.54, 1.807) is 12.1 Å². The number of carboxylic acid groups (broad SMARTS) is 1. The number of carbonyl (C=O) groups excluding carboxylic acids is 2. The Bertz CT molecular complexity index is 948. The van der Waals surface area contributed by atoms with E-state index < -0.39 is 17.9 Å². The minimum absolute atomic E-state index is 0.0421. The fourth-order valence-electron chi connectivity index (χ4n) is 3.62. The van der Waals surface area contributed by atoms with Gasteiger partial charge in [0.05, 0.1) is 6.04 Å². The largest absolute Gasteiger partial charge is 0.480 e. The molecule has 7 nitrogen and oxygen atoms in total. The molecule has 2 amide bonds. The second-order valence-corrected chi connectivity index (χ2v) is 8.17. The van der Waals surface area contributed by atoms with Crippen molar-refractivity contribution < 1.29 is 19.5 Å². The topological polar surface area (TPSA) is 108 Å². The maximum Gasteiger partial charge on any atom is 0.325 e. The molecule has 31 heavy (non-hydrogen) atoms. The summed E-state index contributed by atoms with van der Waals surface area (Å²) in [6.45, 7) is 2.28. The quantitative estimate of drug-likeness (QED) is 0.500. The lowest BCUT2D eigenvalue weighted by molar-refractivity contribution is -0.141. The Morgan fingerprint density at radius 3 is 2.48 bits per heavy atom. The van der Waals surface area contributed by atoms with Gasteiger partial charge in [-0.2, -0.15) is 0 Å². The van der Waals surface area contributed by atoms with Crippen LogP contribution in [0.25, 0.3) is 0 Å². The molecule has 0 aliphatic carbocycles. The number of nitrogens with one attached hydrogen (secondary N) is 3. The number of carbonyl (C=O) groups is 3. The van der Waals surface area contributed by atoms with Crippen LogP contribution < -0.4 is 16.0 Å². The van der Waals surface area contributed by atoms with Gasteiger partial charge in [-0.25, -0.2) is 0 Å². The maximum absolute atomic E-state index is 12.8. The molecule has 164 valence electrons. The van der Waals surface area contributed by atoms with Gasteiger partial charge in [-0.3, -0.25) is 14.4 Å². The van der Waals surface area contributed by atoms with E-state index in [1.165, 1.54) is 12.5 Å². The fourth-order valence-corrected chi connectivity index (χ4v) is 3.74. The number of rotatable bonds is 8. The first-order valence-electron chi connectivity index (χ1n) is 10.2. The molecule has 0 spiro atoms. The average molecular weight is 444 g/mol. The normalized spacial score (nSPS) is 17.2. The van der Waals surface area contributed by atoms with E-state index in [9.17, 15) is 14.4 Å². The van der Waals surface area contributed by atoms with Crippen LogP contribution in [-0.2, 0) is 27.3 Å². The molecule has 0 fully saturated rings. The van der Waals surface area contributed by atoms with Crippen molar-refractivity contribution in [3.8, 4) is 0 Å². The SMILES string of the molecule is CC(NC(=O)CC(CNC(=O)C1Cc2ccccc2CN1)c1ccc(Cl)cc1)C(=O)O. The summed E-state index contributed by atoms with van der Waals surface area (Å²) in [6, 6.07) is 13.8. The molecule has 0 radical (unpaired) electrons. The van der Waals surface area contributed by atoms with Gasteiger partial charge in [-0.15, -0.1) is 0 Å². The van der Waals surface area contributed by atoms with Crippen LogP contribution in [0.15, 0.2) is 48.5 Å². The van der Waals surface area contributed by atoms with E-state index in [2.05, 4.69) is 16.0 Å². The van der Waals surface area contributed by atoms with Crippen molar-refractivity contribution in [2.45, 2.75) is 44.3 Å². The highest BCUT2D eigenvalue weighted by molar-refractivity contribution is 6.30. The third kappa shape index (κ3) is 6.29. The van der Waals surface area contributed by atoms with Gasteiger partial charge in [0.2, 0.25) is 11.8 Å². The van der Waals surface area contributed by atoms with Gasteiger partial charge in [0, 0.05) is 30.5 Å². The summed E-state index contributed by atoms with van der Waals surface area (Å²) < 4.78 is 0. The van der Waals surface area contributed by atoms with Gasteiger partial charge in [0.1, 0.15) is 6.04 Å². The lowest BCUT2D eigenvalue weighted by Gasteiger charge is -2.26. The number of fused-ring (bicyclic) bond motifs is 1. The third-order valence-corrected chi connectivity index (χ3v) is 5.69. The van der Waals surface area contributed by atoms with Gasteiger partial charge < -0.3 is 21.1 Å². The van der Waals surface area contributed by atoms with E-state index in [-0.39, 0.29) is 30.8 Å². The highest BCUT2D eigenvalue weighted by Crippen LogP contribution is 2.22. The van der Waals surface area contributed by atoms with Gasteiger partial charge in [-0.1, -0.05) is 48.0 Å². The molecule has 2 aromatic rings. The molecular weight excluding hydrogens is 418 g/mol. The second kappa shape index (κ2) is 10.4. The van der Waals surface area contributed by atoms with Crippen molar-refractivity contribution in [2.75, 3.05) is 6.54 Å².